The molecule has 2 aliphatic rings. The predicted molar refractivity (Wildman–Crippen MR) is 157 cm³/mol. The van der Waals surface area contributed by atoms with Gasteiger partial charge in [0.05, 0.1) is 7.11 Å². The van der Waals surface area contributed by atoms with Gasteiger partial charge in [0.15, 0.2) is 0 Å². The minimum Gasteiger partial charge on any atom is -0.467 e. The molecule has 5 rings (SSSR count). The second kappa shape index (κ2) is 13.3. The first kappa shape index (κ1) is 28.9. The van der Waals surface area contributed by atoms with E-state index in [2.05, 4.69) is 22.8 Å². The minimum atomic E-state index is -1.09. The van der Waals surface area contributed by atoms with Crippen LogP contribution in [-0.4, -0.2) is 67.7 Å². The average molecular weight is 570 g/mol. The van der Waals surface area contributed by atoms with E-state index in [0.29, 0.717) is 25.8 Å². The summed E-state index contributed by atoms with van der Waals surface area (Å²) in [7, 11) is 1.22. The van der Waals surface area contributed by atoms with Crippen molar-refractivity contribution in [3.63, 3.8) is 0 Å². The second-order valence-corrected chi connectivity index (χ2v) is 10.5. The lowest BCUT2D eigenvalue weighted by molar-refractivity contribution is -0.145. The van der Waals surface area contributed by atoms with E-state index >= 15 is 0 Å². The fourth-order valence-electron chi connectivity index (χ4n) is 5.75. The van der Waals surface area contributed by atoms with E-state index in [0.717, 1.165) is 27.8 Å². The number of amides is 3. The van der Waals surface area contributed by atoms with Gasteiger partial charge in [-0.05, 0) is 47.1 Å². The topological polar surface area (TPSA) is 114 Å². The zero-order valence-corrected chi connectivity index (χ0v) is 23.6. The quantitative estimate of drug-likeness (QED) is 0.359. The fourth-order valence-corrected chi connectivity index (χ4v) is 5.75. The van der Waals surface area contributed by atoms with Gasteiger partial charge in [0.1, 0.15) is 18.7 Å². The molecular weight excluding hydrogens is 534 g/mol. The molecule has 0 unspecified atom stereocenters. The van der Waals surface area contributed by atoms with E-state index < -0.39 is 30.1 Å². The number of benzene rings is 3. The van der Waals surface area contributed by atoms with Crippen LogP contribution in [0.15, 0.2) is 78.9 Å². The van der Waals surface area contributed by atoms with Gasteiger partial charge in [-0.2, -0.15) is 0 Å². The van der Waals surface area contributed by atoms with Gasteiger partial charge in [0, 0.05) is 25.4 Å². The molecule has 0 bridgehead atoms. The van der Waals surface area contributed by atoms with Crippen molar-refractivity contribution in [2.24, 2.45) is 0 Å². The van der Waals surface area contributed by atoms with Gasteiger partial charge in [-0.3, -0.25) is 14.5 Å². The third kappa shape index (κ3) is 6.46. The number of rotatable bonds is 10. The van der Waals surface area contributed by atoms with Crippen molar-refractivity contribution in [1.29, 1.82) is 0 Å². The first-order valence-corrected chi connectivity index (χ1v) is 14.3. The van der Waals surface area contributed by atoms with Crippen molar-refractivity contribution < 1.29 is 28.7 Å². The zero-order valence-electron chi connectivity index (χ0n) is 23.6. The molecule has 1 aliphatic heterocycles. The Balaban J connectivity index is 1.16. The number of likely N-dealkylation sites (tertiary alicyclic amines) is 1. The third-order valence-electron chi connectivity index (χ3n) is 7.92. The molecule has 218 valence electrons. The minimum absolute atomic E-state index is 0.0922. The molecule has 1 aliphatic carbocycles. The number of ether oxygens (including phenoxy) is 2. The molecule has 2 N–H and O–H groups in total. The number of methoxy groups -OCH3 is 1. The molecule has 3 aromatic rings. The Hall–Kier alpha value is -4.66. The van der Waals surface area contributed by atoms with Gasteiger partial charge in [-0.15, -0.1) is 0 Å². The highest BCUT2D eigenvalue weighted by atomic mass is 16.6. The summed E-state index contributed by atoms with van der Waals surface area (Å²) in [6, 6.07) is 23.9. The van der Waals surface area contributed by atoms with Crippen LogP contribution in [0.2, 0.25) is 0 Å². The predicted octanol–water partition coefficient (Wildman–Crippen LogP) is 3.81. The summed E-state index contributed by atoms with van der Waals surface area (Å²) in [5, 5.41) is 5.38. The monoisotopic (exact) mass is 569 g/mol. The summed E-state index contributed by atoms with van der Waals surface area (Å²) in [5.74, 6) is -1.51. The molecule has 1 heterocycles. The SMILES string of the molecule is COC(=O)[C@H](CNC(=O)CCc1ccccc1)NC(=O)[C@@H]1CCCN1C(=O)OCC1c2ccccc2-c2ccccc21. The maximum Gasteiger partial charge on any atom is 0.410 e. The first-order chi connectivity index (χ1) is 20.5. The van der Waals surface area contributed by atoms with Crippen molar-refractivity contribution in [2.75, 3.05) is 26.8 Å². The Morgan fingerprint density at radius 2 is 1.55 bits per heavy atom. The third-order valence-corrected chi connectivity index (χ3v) is 7.92. The number of hydrogen-bond donors (Lipinski definition) is 2. The molecule has 2 atom stereocenters. The lowest BCUT2D eigenvalue weighted by Gasteiger charge is -2.26. The summed E-state index contributed by atoms with van der Waals surface area (Å²) in [6.45, 7) is 0.398. The van der Waals surface area contributed by atoms with Crippen LogP contribution in [0.5, 0.6) is 0 Å². The molecular formula is C33H35N3O6. The number of hydrogen-bond acceptors (Lipinski definition) is 6. The van der Waals surface area contributed by atoms with E-state index in [1.807, 2.05) is 66.7 Å². The van der Waals surface area contributed by atoms with Gasteiger partial charge in [-0.25, -0.2) is 9.59 Å². The number of carbonyl (C=O) groups excluding carboxylic acids is 4. The molecule has 1 fully saturated rings. The number of esters is 1. The van der Waals surface area contributed by atoms with Crippen LogP contribution in [0.3, 0.4) is 0 Å². The van der Waals surface area contributed by atoms with Crippen LogP contribution in [0.1, 0.15) is 41.9 Å². The van der Waals surface area contributed by atoms with E-state index in [1.165, 1.54) is 12.0 Å². The van der Waals surface area contributed by atoms with Crippen LogP contribution in [0, 0.1) is 0 Å². The largest absolute Gasteiger partial charge is 0.467 e. The Kier molecular flexibility index (Phi) is 9.16. The van der Waals surface area contributed by atoms with E-state index in [-0.39, 0.29) is 31.4 Å². The molecule has 0 aromatic heterocycles. The Bertz CT molecular complexity index is 1400. The lowest BCUT2D eigenvalue weighted by Crippen LogP contribution is -2.54. The van der Waals surface area contributed by atoms with Gasteiger partial charge in [0.25, 0.3) is 0 Å². The van der Waals surface area contributed by atoms with Crippen LogP contribution in [0.25, 0.3) is 11.1 Å². The number of fused-ring (bicyclic) bond motifs is 3. The van der Waals surface area contributed by atoms with E-state index in [9.17, 15) is 19.2 Å². The first-order valence-electron chi connectivity index (χ1n) is 14.3. The van der Waals surface area contributed by atoms with Crippen molar-refractivity contribution in [2.45, 2.75) is 43.7 Å². The summed E-state index contributed by atoms with van der Waals surface area (Å²) in [6.07, 6.45) is 1.29. The average Bonchev–Trinajstić information content (AvgIpc) is 3.64. The van der Waals surface area contributed by atoms with E-state index in [4.69, 9.17) is 9.47 Å². The zero-order chi connectivity index (χ0) is 29.5. The molecule has 42 heavy (non-hydrogen) atoms. The standard InChI is InChI=1S/C33H35N3O6/c1-41-32(39)28(20-34-30(37)18-17-22-10-3-2-4-11-22)35-31(38)29-16-9-19-36(29)33(40)42-21-27-25-14-7-5-12-23(25)24-13-6-8-15-26(24)27/h2-8,10-15,27-29H,9,16-21H2,1H3,(H,34,37)(H,35,38)/t28-,29-/m0/s1. The molecule has 0 saturated carbocycles. The number of nitrogens with one attached hydrogen (secondary N) is 2. The summed E-state index contributed by atoms with van der Waals surface area (Å²) in [4.78, 5) is 52.7. The van der Waals surface area contributed by atoms with Crippen molar-refractivity contribution in [3.8, 4) is 11.1 Å². The van der Waals surface area contributed by atoms with Gasteiger partial charge in [-0.1, -0.05) is 78.9 Å². The summed E-state index contributed by atoms with van der Waals surface area (Å²) < 4.78 is 10.6. The van der Waals surface area contributed by atoms with Crippen molar-refractivity contribution >= 4 is 23.9 Å². The maximum absolute atomic E-state index is 13.3. The van der Waals surface area contributed by atoms with Crippen LogP contribution < -0.4 is 10.6 Å². The number of carbonyl (C=O) groups is 4. The molecule has 3 amide bonds. The van der Waals surface area contributed by atoms with Crippen LogP contribution >= 0.6 is 0 Å². The second-order valence-electron chi connectivity index (χ2n) is 10.5. The highest BCUT2D eigenvalue weighted by Crippen LogP contribution is 2.44. The van der Waals surface area contributed by atoms with E-state index in [1.54, 1.807) is 0 Å². The van der Waals surface area contributed by atoms with Gasteiger partial charge < -0.3 is 20.1 Å². The molecule has 0 spiro atoms. The highest BCUT2D eigenvalue weighted by molar-refractivity contribution is 5.90. The fraction of sp³-hybridized carbons (Fsp3) is 0.333. The molecule has 0 radical (unpaired) electrons. The van der Waals surface area contributed by atoms with Crippen LogP contribution in [-0.2, 0) is 30.3 Å². The maximum atomic E-state index is 13.3. The van der Waals surface area contributed by atoms with Gasteiger partial charge in [0.2, 0.25) is 11.8 Å². The number of aryl methyl sites for hydroxylation is 1. The van der Waals surface area contributed by atoms with Crippen molar-refractivity contribution in [1.82, 2.24) is 15.5 Å². The normalized spacial score (nSPS) is 16.2. The summed E-state index contributed by atoms with van der Waals surface area (Å²) >= 11 is 0. The summed E-state index contributed by atoms with van der Waals surface area (Å²) in [5.41, 5.74) is 5.50. The Morgan fingerprint density at radius 1 is 0.905 bits per heavy atom. The smallest absolute Gasteiger partial charge is 0.410 e. The Morgan fingerprint density at radius 3 is 2.21 bits per heavy atom. The molecule has 9 nitrogen and oxygen atoms in total. The lowest BCUT2D eigenvalue weighted by atomic mass is 9.98. The molecule has 3 aromatic carbocycles. The van der Waals surface area contributed by atoms with Crippen molar-refractivity contribution in [3.05, 3.63) is 95.6 Å². The molecule has 1 saturated heterocycles. The number of nitrogens with zero attached hydrogens (tertiary/aromatic N) is 1. The van der Waals surface area contributed by atoms with Gasteiger partial charge >= 0.3 is 12.1 Å². The Labute approximate surface area is 245 Å². The highest BCUT2D eigenvalue weighted by Gasteiger charge is 2.38. The van der Waals surface area contributed by atoms with Crippen LogP contribution in [0.4, 0.5) is 4.79 Å². The molecule has 9 heteroatoms.